The van der Waals surface area contributed by atoms with E-state index in [2.05, 4.69) is 47.3 Å². The maximum absolute atomic E-state index is 8.94. The van der Waals surface area contributed by atoms with Gasteiger partial charge in [0.2, 0.25) is 12.3 Å². The van der Waals surface area contributed by atoms with Crippen LogP contribution in [0.5, 0.6) is 0 Å². The Balaban J connectivity index is 0.000000541. The maximum Gasteiger partial charge on any atom is 0.221 e. The number of hydrogen-bond acceptors (Lipinski definition) is 5. The monoisotopic (exact) mass is 302 g/mol. The molecule has 22 heavy (non-hydrogen) atoms. The Hall–Kier alpha value is -2.60. The van der Waals surface area contributed by atoms with Crippen molar-refractivity contribution in [1.82, 2.24) is 10.4 Å². The van der Waals surface area contributed by atoms with E-state index in [0.717, 1.165) is 18.5 Å². The molecule has 0 spiro atoms. The van der Waals surface area contributed by atoms with Crippen LogP contribution >= 0.6 is 0 Å². The van der Waals surface area contributed by atoms with Crippen LogP contribution in [-0.2, 0) is 11.2 Å². The number of carbonyl (C=O) groups is 1. The highest BCUT2D eigenvalue weighted by atomic mass is 16.3. The lowest BCUT2D eigenvalue weighted by molar-refractivity contribution is -0.109. The van der Waals surface area contributed by atoms with Gasteiger partial charge >= 0.3 is 0 Å². The molecular formula is C16H22N4O2. The molecule has 1 amide bonds. The van der Waals surface area contributed by atoms with Crippen molar-refractivity contribution in [1.29, 1.82) is 0 Å². The number of aromatic nitrogens is 1. The fraction of sp³-hybridized carbons (Fsp3) is 0.250. The Morgan fingerprint density at radius 3 is 2.68 bits per heavy atom. The molecule has 4 N–H and O–H groups in total. The van der Waals surface area contributed by atoms with Gasteiger partial charge < -0.3 is 9.73 Å². The summed E-state index contributed by atoms with van der Waals surface area (Å²) in [7, 11) is 1.94. The zero-order valence-corrected chi connectivity index (χ0v) is 12.9. The van der Waals surface area contributed by atoms with E-state index >= 15 is 0 Å². The molecule has 0 atom stereocenters. The van der Waals surface area contributed by atoms with Crippen LogP contribution in [0.4, 0.5) is 5.69 Å². The number of nitrogens with one attached hydrogen (secondary N) is 2. The Bertz CT molecular complexity index is 580. The van der Waals surface area contributed by atoms with Crippen molar-refractivity contribution in [3.8, 4) is 0 Å². The van der Waals surface area contributed by atoms with Crippen molar-refractivity contribution in [3.05, 3.63) is 47.7 Å². The first-order chi connectivity index (χ1) is 10.8. The summed E-state index contributed by atoms with van der Waals surface area (Å²) in [6.45, 7) is 2.19. The van der Waals surface area contributed by atoms with Gasteiger partial charge in [0.05, 0.1) is 6.20 Å². The lowest BCUT2D eigenvalue weighted by atomic mass is 10.0. The van der Waals surface area contributed by atoms with Gasteiger partial charge in [-0.15, -0.1) is 0 Å². The lowest BCUT2D eigenvalue weighted by Gasteiger charge is -2.10. The number of oxazole rings is 1. The van der Waals surface area contributed by atoms with E-state index in [9.17, 15) is 0 Å². The van der Waals surface area contributed by atoms with Crippen LogP contribution in [0.25, 0.3) is 12.2 Å². The Morgan fingerprint density at radius 2 is 2.14 bits per heavy atom. The number of aryl methyl sites for hydroxylation is 1. The summed E-state index contributed by atoms with van der Waals surface area (Å²) in [5.41, 5.74) is 5.43. The number of amides is 1. The van der Waals surface area contributed by atoms with Crippen LogP contribution < -0.4 is 16.6 Å². The van der Waals surface area contributed by atoms with Crippen molar-refractivity contribution in [2.24, 2.45) is 5.84 Å². The van der Waals surface area contributed by atoms with Gasteiger partial charge in [-0.2, -0.15) is 0 Å². The number of carbonyl (C=O) groups excluding carboxylic acids is 1. The molecule has 0 saturated heterocycles. The lowest BCUT2D eigenvalue weighted by Crippen LogP contribution is -2.18. The molecular weight excluding hydrogens is 280 g/mol. The molecule has 1 aromatic heterocycles. The number of hydrogen-bond donors (Lipinski definition) is 3. The second kappa shape index (κ2) is 10.2. The first-order valence-electron chi connectivity index (χ1n) is 7.03. The molecule has 0 fully saturated rings. The SMILES string of the molecule is CCCc1cccc(NC)c1/C=C/c1ncco1.NNC=O. The summed E-state index contributed by atoms with van der Waals surface area (Å²) < 4.78 is 5.21. The Morgan fingerprint density at radius 1 is 1.36 bits per heavy atom. The average molecular weight is 302 g/mol. The number of benzene rings is 1. The maximum atomic E-state index is 8.94. The molecule has 0 aliphatic rings. The van der Waals surface area contributed by atoms with Crippen LogP contribution in [0.1, 0.15) is 30.4 Å². The van der Waals surface area contributed by atoms with E-state index in [1.165, 1.54) is 11.1 Å². The zero-order chi connectivity index (χ0) is 16.2. The third-order valence-electron chi connectivity index (χ3n) is 2.90. The highest BCUT2D eigenvalue weighted by molar-refractivity contribution is 5.76. The van der Waals surface area contributed by atoms with E-state index in [-0.39, 0.29) is 0 Å². The van der Waals surface area contributed by atoms with Crippen LogP contribution in [0.2, 0.25) is 0 Å². The third-order valence-corrected chi connectivity index (χ3v) is 2.90. The van der Waals surface area contributed by atoms with Crippen molar-refractivity contribution in [2.45, 2.75) is 19.8 Å². The summed E-state index contributed by atoms with van der Waals surface area (Å²) in [5.74, 6) is 5.04. The normalized spacial score (nSPS) is 9.95. The Labute approximate surface area is 130 Å². The molecule has 118 valence electrons. The number of nitrogens with zero attached hydrogens (tertiary/aromatic N) is 1. The van der Waals surface area contributed by atoms with Gasteiger partial charge in [0.25, 0.3) is 0 Å². The molecule has 6 heteroatoms. The summed E-state index contributed by atoms with van der Waals surface area (Å²) in [6.07, 6.45) is 9.79. The molecule has 1 heterocycles. The van der Waals surface area contributed by atoms with Crippen LogP contribution in [0.3, 0.4) is 0 Å². The number of nitrogens with two attached hydrogens (primary N) is 1. The number of anilines is 1. The smallest absolute Gasteiger partial charge is 0.221 e. The van der Waals surface area contributed by atoms with Crippen molar-refractivity contribution in [2.75, 3.05) is 12.4 Å². The fourth-order valence-corrected chi connectivity index (χ4v) is 1.99. The molecule has 0 saturated carbocycles. The third kappa shape index (κ3) is 5.41. The predicted octanol–water partition coefficient (Wildman–Crippen LogP) is 2.45. The van der Waals surface area contributed by atoms with E-state index in [0.29, 0.717) is 12.3 Å². The number of rotatable bonds is 6. The van der Waals surface area contributed by atoms with Crippen molar-refractivity contribution in [3.63, 3.8) is 0 Å². The molecule has 2 rings (SSSR count). The molecule has 0 radical (unpaired) electrons. The van der Waals surface area contributed by atoms with Gasteiger partial charge in [-0.25, -0.2) is 10.8 Å². The van der Waals surface area contributed by atoms with Crippen molar-refractivity contribution < 1.29 is 9.21 Å². The van der Waals surface area contributed by atoms with Gasteiger partial charge in [-0.1, -0.05) is 25.5 Å². The molecule has 6 nitrogen and oxygen atoms in total. The molecule has 2 aromatic rings. The molecule has 0 aliphatic carbocycles. The molecule has 1 aromatic carbocycles. The number of hydrazine groups is 1. The van der Waals surface area contributed by atoms with Crippen LogP contribution in [-0.4, -0.2) is 18.4 Å². The highest BCUT2D eigenvalue weighted by Crippen LogP contribution is 2.23. The van der Waals surface area contributed by atoms with Gasteiger partial charge in [0.15, 0.2) is 0 Å². The Kier molecular flexibility index (Phi) is 8.07. The topological polar surface area (TPSA) is 93.2 Å². The van der Waals surface area contributed by atoms with E-state index in [1.54, 1.807) is 17.9 Å². The first kappa shape index (κ1) is 17.5. The van der Waals surface area contributed by atoms with Crippen LogP contribution in [0, 0.1) is 0 Å². The molecule has 0 aliphatic heterocycles. The second-order valence-electron chi connectivity index (χ2n) is 4.37. The first-order valence-corrected chi connectivity index (χ1v) is 7.03. The standard InChI is InChI=1S/C15H18N2O.CH4N2O/c1-3-5-12-6-4-7-14(16-2)13(12)8-9-15-17-10-11-18-15;2-3-1-4/h4,6-11,16H,3,5H2,1-2H3;1H,2H2,(H,3,4)/b9-8+;. The average Bonchev–Trinajstić information content (AvgIpc) is 3.07. The summed E-state index contributed by atoms with van der Waals surface area (Å²) >= 11 is 0. The van der Waals surface area contributed by atoms with Gasteiger partial charge in [0, 0.05) is 24.4 Å². The van der Waals surface area contributed by atoms with Crippen molar-refractivity contribution >= 4 is 24.2 Å². The second-order valence-corrected chi connectivity index (χ2v) is 4.37. The van der Waals surface area contributed by atoms with Gasteiger partial charge in [-0.05, 0) is 24.1 Å². The summed E-state index contributed by atoms with van der Waals surface area (Å²) in [6, 6.07) is 6.33. The zero-order valence-electron chi connectivity index (χ0n) is 12.9. The van der Waals surface area contributed by atoms with E-state index < -0.39 is 0 Å². The minimum Gasteiger partial charge on any atom is -0.445 e. The molecule has 0 unspecified atom stereocenters. The quantitative estimate of drug-likeness (QED) is 0.330. The summed E-state index contributed by atoms with van der Waals surface area (Å²) in [4.78, 5) is 13.0. The highest BCUT2D eigenvalue weighted by Gasteiger charge is 2.04. The molecule has 0 bridgehead atoms. The van der Waals surface area contributed by atoms with E-state index in [4.69, 9.17) is 9.21 Å². The van der Waals surface area contributed by atoms with Gasteiger partial charge in [0.1, 0.15) is 6.26 Å². The van der Waals surface area contributed by atoms with Gasteiger partial charge in [-0.3, -0.25) is 10.2 Å². The minimum absolute atomic E-state index is 0.403. The fourth-order valence-electron chi connectivity index (χ4n) is 1.99. The largest absolute Gasteiger partial charge is 0.445 e. The van der Waals surface area contributed by atoms with Crippen LogP contribution in [0.15, 0.2) is 35.1 Å². The predicted molar refractivity (Wildman–Crippen MR) is 88.8 cm³/mol. The minimum atomic E-state index is 0.403. The van der Waals surface area contributed by atoms with E-state index in [1.807, 2.05) is 13.1 Å². The summed E-state index contributed by atoms with van der Waals surface area (Å²) in [5, 5.41) is 3.22.